The fourth-order valence-electron chi connectivity index (χ4n) is 1.49. The van der Waals surface area contributed by atoms with Crippen LogP contribution >= 0.6 is 10.7 Å². The van der Waals surface area contributed by atoms with E-state index in [1.165, 1.54) is 0 Å². The van der Waals surface area contributed by atoms with Gasteiger partial charge in [-0.15, -0.1) is 0 Å². The Labute approximate surface area is 113 Å². The number of hydrogen-bond acceptors (Lipinski definition) is 5. The normalized spacial score (nSPS) is 12.5. The van der Waals surface area contributed by atoms with Crippen molar-refractivity contribution in [3.8, 4) is 5.75 Å². The maximum atomic E-state index is 13.9. The molecule has 0 fully saturated rings. The van der Waals surface area contributed by atoms with E-state index in [9.17, 15) is 25.6 Å². The van der Waals surface area contributed by atoms with E-state index in [0.29, 0.717) is 12.3 Å². The Hall–Kier alpha value is -0.930. The molecule has 0 aliphatic rings. The Morgan fingerprint density at radius 2 is 1.79 bits per heavy atom. The van der Waals surface area contributed by atoms with Crippen LogP contribution in [-0.2, 0) is 24.6 Å². The van der Waals surface area contributed by atoms with Crippen molar-refractivity contribution in [1.29, 1.82) is 0 Å². The summed E-state index contributed by atoms with van der Waals surface area (Å²) in [4.78, 5) is -1.18. The average Bonchev–Trinajstić information content (AvgIpc) is 2.11. The molecular formula is C9H9ClF2O5S2. The van der Waals surface area contributed by atoms with Crippen LogP contribution in [0.25, 0.3) is 0 Å². The topological polar surface area (TPSA) is 77.5 Å². The van der Waals surface area contributed by atoms with Crippen LogP contribution in [0.1, 0.15) is 5.56 Å². The van der Waals surface area contributed by atoms with E-state index in [-0.39, 0.29) is 0 Å². The number of benzene rings is 1. The molecule has 0 atom stereocenters. The van der Waals surface area contributed by atoms with Crippen molar-refractivity contribution < 1.29 is 30.4 Å². The van der Waals surface area contributed by atoms with Crippen LogP contribution in [0, 0.1) is 11.6 Å². The molecule has 1 rings (SSSR count). The van der Waals surface area contributed by atoms with Crippen LogP contribution in [0.15, 0.2) is 11.0 Å². The Kier molecular flexibility index (Phi) is 4.43. The lowest BCUT2D eigenvalue weighted by Crippen LogP contribution is -2.09. The van der Waals surface area contributed by atoms with Gasteiger partial charge in [0.2, 0.25) is 9.05 Å². The summed E-state index contributed by atoms with van der Waals surface area (Å²) < 4.78 is 76.4. The number of sulfone groups is 1. The molecule has 0 spiro atoms. The van der Waals surface area contributed by atoms with Crippen molar-refractivity contribution in [3.05, 3.63) is 23.3 Å². The van der Waals surface area contributed by atoms with Crippen LogP contribution in [0.4, 0.5) is 8.78 Å². The van der Waals surface area contributed by atoms with Crippen LogP contribution in [0.2, 0.25) is 0 Å². The first kappa shape index (κ1) is 16.1. The molecule has 0 amide bonds. The van der Waals surface area contributed by atoms with Gasteiger partial charge >= 0.3 is 0 Å². The van der Waals surface area contributed by atoms with E-state index in [4.69, 9.17) is 10.7 Å². The molecule has 0 N–H and O–H groups in total. The average molecular weight is 335 g/mol. The molecule has 0 heterocycles. The third kappa shape index (κ3) is 3.77. The lowest BCUT2D eigenvalue weighted by Gasteiger charge is -2.12. The quantitative estimate of drug-likeness (QED) is 0.779. The Morgan fingerprint density at radius 1 is 1.26 bits per heavy atom. The highest BCUT2D eigenvalue weighted by molar-refractivity contribution is 8.13. The summed E-state index contributed by atoms with van der Waals surface area (Å²) in [6.07, 6.45) is 0.617. The summed E-state index contributed by atoms with van der Waals surface area (Å²) in [5.74, 6) is -4.46. The molecule has 1 aromatic rings. The first-order valence-corrected chi connectivity index (χ1v) is 9.01. The standard InChI is InChI=1S/C9H9ClF2O5S2/c1-17-8-5(4-19(10,15)16)3-6(11)9(7(8)12)18(2,13)14/h3H,4H2,1-2H3. The molecule has 19 heavy (non-hydrogen) atoms. The third-order valence-electron chi connectivity index (χ3n) is 2.11. The molecule has 0 saturated carbocycles. The summed E-state index contributed by atoms with van der Waals surface area (Å²) in [6, 6.07) is 0.568. The minimum atomic E-state index is -4.17. The van der Waals surface area contributed by atoms with Gasteiger partial charge in [-0.2, -0.15) is 0 Å². The van der Waals surface area contributed by atoms with Gasteiger partial charge in [0.15, 0.2) is 21.4 Å². The maximum Gasteiger partial charge on any atom is 0.236 e. The summed E-state index contributed by atoms with van der Waals surface area (Å²) in [6.45, 7) is 0. The zero-order chi connectivity index (χ0) is 15.0. The number of halogens is 3. The molecule has 0 aliphatic carbocycles. The predicted molar refractivity (Wildman–Crippen MR) is 64.5 cm³/mol. The first-order chi connectivity index (χ1) is 8.47. The fourth-order valence-corrected chi connectivity index (χ4v) is 3.26. The summed E-state index contributed by atoms with van der Waals surface area (Å²) in [7, 11) is -2.27. The van der Waals surface area contributed by atoms with Gasteiger partial charge in [0.25, 0.3) is 0 Å². The highest BCUT2D eigenvalue weighted by atomic mass is 35.7. The van der Waals surface area contributed by atoms with Gasteiger partial charge in [-0.25, -0.2) is 25.6 Å². The number of methoxy groups -OCH3 is 1. The van der Waals surface area contributed by atoms with E-state index in [2.05, 4.69) is 4.74 Å². The van der Waals surface area contributed by atoms with E-state index < -0.39 is 52.5 Å². The maximum absolute atomic E-state index is 13.9. The van der Waals surface area contributed by atoms with E-state index in [1.54, 1.807) is 0 Å². The first-order valence-electron chi connectivity index (χ1n) is 4.64. The largest absolute Gasteiger partial charge is 0.493 e. The second-order valence-corrected chi connectivity index (χ2v) is 8.38. The molecule has 0 aliphatic heterocycles. The van der Waals surface area contributed by atoms with Gasteiger partial charge in [-0.1, -0.05) is 0 Å². The number of hydrogen-bond donors (Lipinski definition) is 0. The SMILES string of the molecule is COc1c(CS(=O)(=O)Cl)cc(F)c(S(C)(=O)=O)c1F. The minimum absolute atomic E-state index is 0.403. The van der Waals surface area contributed by atoms with Gasteiger partial charge in [-0.3, -0.25) is 0 Å². The summed E-state index contributed by atoms with van der Waals surface area (Å²) in [5, 5.41) is 0. The third-order valence-corrected chi connectivity index (χ3v) is 4.21. The van der Waals surface area contributed by atoms with Gasteiger partial charge in [0.1, 0.15) is 10.7 Å². The monoisotopic (exact) mass is 334 g/mol. The molecule has 0 unspecified atom stereocenters. The van der Waals surface area contributed by atoms with Crippen LogP contribution in [0.5, 0.6) is 5.75 Å². The van der Waals surface area contributed by atoms with Gasteiger partial charge in [-0.05, 0) is 6.07 Å². The van der Waals surface area contributed by atoms with Crippen LogP contribution < -0.4 is 4.74 Å². The van der Waals surface area contributed by atoms with Crippen molar-refractivity contribution >= 4 is 29.6 Å². The molecule has 108 valence electrons. The van der Waals surface area contributed by atoms with Gasteiger partial charge in [0, 0.05) is 22.5 Å². The van der Waals surface area contributed by atoms with E-state index >= 15 is 0 Å². The Morgan fingerprint density at radius 3 is 2.16 bits per heavy atom. The molecule has 0 bridgehead atoms. The molecule has 0 saturated heterocycles. The lowest BCUT2D eigenvalue weighted by atomic mass is 10.2. The zero-order valence-corrected chi connectivity index (χ0v) is 12.2. The number of rotatable bonds is 4. The van der Waals surface area contributed by atoms with Gasteiger partial charge < -0.3 is 4.74 Å². The second-order valence-electron chi connectivity index (χ2n) is 3.65. The summed E-state index contributed by atoms with van der Waals surface area (Å²) in [5.41, 5.74) is -0.403. The highest BCUT2D eigenvalue weighted by Gasteiger charge is 2.27. The predicted octanol–water partition coefficient (Wildman–Crippen LogP) is 1.45. The lowest BCUT2D eigenvalue weighted by molar-refractivity contribution is 0.371. The Bertz CT molecular complexity index is 713. The van der Waals surface area contributed by atoms with E-state index in [0.717, 1.165) is 7.11 Å². The second kappa shape index (κ2) is 5.22. The molecule has 0 radical (unpaired) electrons. The smallest absolute Gasteiger partial charge is 0.236 e. The van der Waals surface area contributed by atoms with Crippen molar-refractivity contribution in [2.75, 3.05) is 13.4 Å². The fraction of sp³-hybridized carbons (Fsp3) is 0.333. The van der Waals surface area contributed by atoms with E-state index in [1.807, 2.05) is 0 Å². The van der Waals surface area contributed by atoms with Crippen molar-refractivity contribution in [1.82, 2.24) is 0 Å². The number of ether oxygens (including phenoxy) is 1. The summed E-state index contributed by atoms with van der Waals surface area (Å²) >= 11 is 0. The van der Waals surface area contributed by atoms with Crippen molar-refractivity contribution in [2.45, 2.75) is 10.6 Å². The molecule has 1 aromatic carbocycles. The molecular weight excluding hydrogens is 326 g/mol. The van der Waals surface area contributed by atoms with Crippen molar-refractivity contribution in [2.24, 2.45) is 0 Å². The molecule has 0 aromatic heterocycles. The van der Waals surface area contributed by atoms with Crippen LogP contribution in [-0.4, -0.2) is 30.2 Å². The highest BCUT2D eigenvalue weighted by Crippen LogP contribution is 2.32. The van der Waals surface area contributed by atoms with Crippen molar-refractivity contribution in [3.63, 3.8) is 0 Å². The van der Waals surface area contributed by atoms with Gasteiger partial charge in [0.05, 0.1) is 12.9 Å². The Balaban J connectivity index is 3.65. The zero-order valence-electron chi connectivity index (χ0n) is 9.78. The molecule has 5 nitrogen and oxygen atoms in total. The molecule has 10 heteroatoms. The van der Waals surface area contributed by atoms with Crippen LogP contribution in [0.3, 0.4) is 0 Å². The minimum Gasteiger partial charge on any atom is -0.493 e.